The van der Waals surface area contributed by atoms with Crippen LogP contribution in [0.2, 0.25) is 0 Å². The number of esters is 1. The molecule has 6 nitrogen and oxygen atoms in total. The summed E-state index contributed by atoms with van der Waals surface area (Å²) in [6, 6.07) is 7.36. The molecule has 1 aromatic heterocycles. The van der Waals surface area contributed by atoms with E-state index in [0.29, 0.717) is 23.9 Å². The van der Waals surface area contributed by atoms with Gasteiger partial charge in [-0.05, 0) is 31.7 Å². The van der Waals surface area contributed by atoms with E-state index in [0.717, 1.165) is 5.56 Å². The van der Waals surface area contributed by atoms with Crippen molar-refractivity contribution in [2.24, 2.45) is 0 Å². The molecule has 0 aliphatic heterocycles. The lowest BCUT2D eigenvalue weighted by Gasteiger charge is -2.21. The summed E-state index contributed by atoms with van der Waals surface area (Å²) in [6.07, 6.45) is 0. The van der Waals surface area contributed by atoms with Crippen LogP contribution in [-0.2, 0) is 11.3 Å². The lowest BCUT2D eigenvalue weighted by molar-refractivity contribution is 0.0600. The zero-order valence-electron chi connectivity index (χ0n) is 12.7. The molecule has 2 aromatic rings. The largest absolute Gasteiger partial charge is 0.465 e. The fraction of sp³-hybridized carbons (Fsp3) is 0.400. The van der Waals surface area contributed by atoms with Gasteiger partial charge < -0.3 is 9.15 Å². The van der Waals surface area contributed by atoms with Gasteiger partial charge in [0, 0.05) is 13.5 Å². The van der Waals surface area contributed by atoms with Crippen LogP contribution in [0.15, 0.2) is 28.7 Å². The molecule has 0 aliphatic rings. The van der Waals surface area contributed by atoms with Crippen LogP contribution in [0.4, 0.5) is 0 Å². The average Bonchev–Trinajstić information content (AvgIpc) is 2.93. The predicted octanol–water partition coefficient (Wildman–Crippen LogP) is 2.36. The van der Waals surface area contributed by atoms with Crippen LogP contribution in [0.5, 0.6) is 0 Å². The van der Waals surface area contributed by atoms with Crippen molar-refractivity contribution >= 4 is 5.97 Å². The van der Waals surface area contributed by atoms with Gasteiger partial charge in [0.1, 0.15) is 0 Å². The van der Waals surface area contributed by atoms with E-state index in [2.05, 4.69) is 19.8 Å². The molecular formula is C15H19N3O3. The van der Waals surface area contributed by atoms with E-state index < -0.39 is 0 Å². The van der Waals surface area contributed by atoms with E-state index in [-0.39, 0.29) is 12.0 Å². The van der Waals surface area contributed by atoms with Crippen LogP contribution in [0, 0.1) is 6.92 Å². The summed E-state index contributed by atoms with van der Waals surface area (Å²) in [5, 5.41) is 7.88. The summed E-state index contributed by atoms with van der Waals surface area (Å²) in [4.78, 5) is 13.5. The third kappa shape index (κ3) is 3.66. The molecule has 0 unspecified atom stereocenters. The Morgan fingerprint density at radius 2 is 2.00 bits per heavy atom. The summed E-state index contributed by atoms with van der Waals surface area (Å²) in [7, 11) is 3.36. The number of carbonyl (C=O) groups excluding carboxylic acids is 1. The van der Waals surface area contributed by atoms with Crippen molar-refractivity contribution in [3.05, 3.63) is 47.2 Å². The van der Waals surface area contributed by atoms with E-state index in [1.165, 1.54) is 7.11 Å². The highest BCUT2D eigenvalue weighted by atomic mass is 16.5. The Kier molecular flexibility index (Phi) is 4.70. The van der Waals surface area contributed by atoms with E-state index in [1.54, 1.807) is 19.1 Å². The standard InChI is InChI=1S/C15H19N3O3/c1-10(14-17-16-11(2)21-14)18(3)9-12-5-7-13(8-6-12)15(19)20-4/h5-8,10H,9H2,1-4H3/t10-/m1/s1. The number of hydrogen-bond donors (Lipinski definition) is 0. The third-order valence-electron chi connectivity index (χ3n) is 3.37. The Bertz CT molecular complexity index is 607. The molecule has 0 saturated carbocycles. The van der Waals surface area contributed by atoms with Gasteiger partial charge in [0.15, 0.2) is 0 Å². The highest BCUT2D eigenvalue weighted by Gasteiger charge is 2.17. The maximum Gasteiger partial charge on any atom is 0.337 e. The van der Waals surface area contributed by atoms with E-state index >= 15 is 0 Å². The fourth-order valence-corrected chi connectivity index (χ4v) is 1.96. The minimum atomic E-state index is -0.329. The van der Waals surface area contributed by atoms with Gasteiger partial charge >= 0.3 is 5.97 Å². The van der Waals surface area contributed by atoms with Crippen LogP contribution in [0.3, 0.4) is 0 Å². The molecule has 0 saturated heterocycles. The molecule has 0 N–H and O–H groups in total. The first-order chi connectivity index (χ1) is 10.0. The molecule has 1 heterocycles. The van der Waals surface area contributed by atoms with Crippen molar-refractivity contribution in [3.8, 4) is 0 Å². The lowest BCUT2D eigenvalue weighted by atomic mass is 10.1. The molecule has 0 spiro atoms. The summed E-state index contributed by atoms with van der Waals surface area (Å²) >= 11 is 0. The lowest BCUT2D eigenvalue weighted by Crippen LogP contribution is -2.22. The normalized spacial score (nSPS) is 12.4. The molecule has 0 bridgehead atoms. The van der Waals surface area contributed by atoms with Crippen LogP contribution in [-0.4, -0.2) is 35.2 Å². The topological polar surface area (TPSA) is 68.5 Å². The maximum absolute atomic E-state index is 11.4. The van der Waals surface area contributed by atoms with E-state index in [9.17, 15) is 4.79 Å². The first-order valence-electron chi connectivity index (χ1n) is 6.68. The van der Waals surface area contributed by atoms with Crippen LogP contribution >= 0.6 is 0 Å². The van der Waals surface area contributed by atoms with Gasteiger partial charge in [-0.25, -0.2) is 4.79 Å². The molecule has 2 rings (SSSR count). The highest BCUT2D eigenvalue weighted by Crippen LogP contribution is 2.19. The summed E-state index contributed by atoms with van der Waals surface area (Å²) in [5.41, 5.74) is 1.64. The molecule has 0 aliphatic carbocycles. The first kappa shape index (κ1) is 15.2. The van der Waals surface area contributed by atoms with Gasteiger partial charge in [0.05, 0.1) is 18.7 Å². The number of nitrogens with zero attached hydrogens (tertiary/aromatic N) is 3. The Morgan fingerprint density at radius 3 is 2.52 bits per heavy atom. The number of aromatic nitrogens is 2. The predicted molar refractivity (Wildman–Crippen MR) is 76.7 cm³/mol. The van der Waals surface area contributed by atoms with Gasteiger partial charge in [-0.15, -0.1) is 10.2 Å². The van der Waals surface area contributed by atoms with Crippen molar-refractivity contribution in [2.45, 2.75) is 26.4 Å². The van der Waals surface area contributed by atoms with Crippen molar-refractivity contribution in [1.82, 2.24) is 15.1 Å². The van der Waals surface area contributed by atoms with Gasteiger partial charge in [-0.2, -0.15) is 0 Å². The molecule has 0 fully saturated rings. The second-order valence-electron chi connectivity index (χ2n) is 4.94. The summed E-state index contributed by atoms with van der Waals surface area (Å²) < 4.78 is 10.1. The number of rotatable bonds is 5. The van der Waals surface area contributed by atoms with Crippen molar-refractivity contribution < 1.29 is 13.9 Å². The molecule has 1 aromatic carbocycles. The number of hydrogen-bond acceptors (Lipinski definition) is 6. The Labute approximate surface area is 123 Å². The zero-order chi connectivity index (χ0) is 15.4. The molecule has 112 valence electrons. The second kappa shape index (κ2) is 6.49. The highest BCUT2D eigenvalue weighted by molar-refractivity contribution is 5.89. The molecule has 6 heteroatoms. The smallest absolute Gasteiger partial charge is 0.337 e. The van der Waals surface area contributed by atoms with E-state index in [4.69, 9.17) is 4.42 Å². The monoisotopic (exact) mass is 289 g/mol. The molecule has 21 heavy (non-hydrogen) atoms. The number of benzene rings is 1. The number of aryl methyl sites for hydroxylation is 1. The second-order valence-corrected chi connectivity index (χ2v) is 4.94. The van der Waals surface area contributed by atoms with Gasteiger partial charge in [0.2, 0.25) is 11.8 Å². The fourth-order valence-electron chi connectivity index (χ4n) is 1.96. The Balaban J connectivity index is 2.02. The van der Waals surface area contributed by atoms with Crippen molar-refractivity contribution in [1.29, 1.82) is 0 Å². The number of ether oxygens (including phenoxy) is 1. The molecule has 0 radical (unpaired) electrons. The minimum Gasteiger partial charge on any atom is -0.465 e. The van der Waals surface area contributed by atoms with Gasteiger partial charge in [-0.3, -0.25) is 4.90 Å². The first-order valence-corrected chi connectivity index (χ1v) is 6.68. The molecule has 0 amide bonds. The van der Waals surface area contributed by atoms with Crippen molar-refractivity contribution in [2.75, 3.05) is 14.2 Å². The average molecular weight is 289 g/mol. The quantitative estimate of drug-likeness (QED) is 0.787. The zero-order valence-corrected chi connectivity index (χ0v) is 12.7. The van der Waals surface area contributed by atoms with E-state index in [1.807, 2.05) is 26.1 Å². The molecular weight excluding hydrogens is 270 g/mol. The summed E-state index contributed by atoms with van der Waals surface area (Å²) in [6.45, 7) is 4.49. The van der Waals surface area contributed by atoms with Gasteiger partial charge in [0.25, 0.3) is 0 Å². The molecule has 1 atom stereocenters. The SMILES string of the molecule is COC(=O)c1ccc(CN(C)[C@H](C)c2nnc(C)o2)cc1. The van der Waals surface area contributed by atoms with Crippen LogP contribution in [0.1, 0.15) is 40.7 Å². The van der Waals surface area contributed by atoms with Gasteiger partial charge in [-0.1, -0.05) is 12.1 Å². The Hall–Kier alpha value is -2.21. The maximum atomic E-state index is 11.4. The summed E-state index contributed by atoms with van der Waals surface area (Å²) in [5.74, 6) is 0.832. The van der Waals surface area contributed by atoms with Crippen LogP contribution in [0.25, 0.3) is 0 Å². The van der Waals surface area contributed by atoms with Crippen molar-refractivity contribution in [3.63, 3.8) is 0 Å². The minimum absolute atomic E-state index is 0.0199. The Morgan fingerprint density at radius 1 is 1.33 bits per heavy atom. The number of carbonyl (C=O) groups is 1. The van der Waals surface area contributed by atoms with Crippen LogP contribution < -0.4 is 0 Å². The third-order valence-corrected chi connectivity index (χ3v) is 3.37. The number of methoxy groups -OCH3 is 1.